The van der Waals surface area contributed by atoms with Gasteiger partial charge in [-0.05, 0) is 10.6 Å². The van der Waals surface area contributed by atoms with E-state index in [-0.39, 0.29) is 0 Å². The standard InChI is InChI=1S/C15H15Si/c1-15(2)13-10-6-7-11-14(13)16(15)12-8-4-3-5-9-12/h3-11H,1-2H3. The quantitative estimate of drug-likeness (QED) is 0.650. The molecule has 1 heterocycles. The molecule has 0 fully saturated rings. The fourth-order valence-corrected chi connectivity index (χ4v) is 6.24. The van der Waals surface area contributed by atoms with Gasteiger partial charge in [0.05, 0.1) is 0 Å². The molecule has 2 aromatic rings. The van der Waals surface area contributed by atoms with Crippen molar-refractivity contribution in [3.8, 4) is 0 Å². The minimum atomic E-state index is -0.559. The van der Waals surface area contributed by atoms with Crippen LogP contribution in [0.1, 0.15) is 19.4 Å². The Bertz CT molecular complexity index is 514. The van der Waals surface area contributed by atoms with Gasteiger partial charge in [-0.25, -0.2) is 0 Å². The van der Waals surface area contributed by atoms with Gasteiger partial charge < -0.3 is 0 Å². The average Bonchev–Trinajstić information content (AvgIpc) is 2.30. The summed E-state index contributed by atoms with van der Waals surface area (Å²) < 4.78 is 0. The Labute approximate surface area is 98.6 Å². The van der Waals surface area contributed by atoms with Crippen LogP contribution in [-0.4, -0.2) is 8.80 Å². The highest BCUT2D eigenvalue weighted by Gasteiger charge is 2.46. The van der Waals surface area contributed by atoms with Crippen molar-refractivity contribution in [2.24, 2.45) is 0 Å². The fraction of sp³-hybridized carbons (Fsp3) is 0.200. The zero-order valence-corrected chi connectivity index (χ0v) is 10.7. The van der Waals surface area contributed by atoms with Gasteiger partial charge in [-0.3, -0.25) is 0 Å². The molecule has 1 heteroatoms. The molecule has 0 aliphatic carbocycles. The first kappa shape index (κ1) is 9.85. The molecule has 0 saturated carbocycles. The Morgan fingerprint density at radius 1 is 0.812 bits per heavy atom. The van der Waals surface area contributed by atoms with Gasteiger partial charge in [0.1, 0.15) is 8.80 Å². The van der Waals surface area contributed by atoms with Crippen molar-refractivity contribution in [1.29, 1.82) is 0 Å². The van der Waals surface area contributed by atoms with E-state index in [1.165, 1.54) is 5.19 Å². The first-order valence-corrected chi connectivity index (χ1v) is 7.24. The van der Waals surface area contributed by atoms with Crippen LogP contribution in [0.5, 0.6) is 0 Å². The number of rotatable bonds is 1. The summed E-state index contributed by atoms with van der Waals surface area (Å²) in [7, 11) is -0.559. The second-order valence-electron chi connectivity index (χ2n) is 4.91. The summed E-state index contributed by atoms with van der Waals surface area (Å²) in [6.07, 6.45) is 0. The zero-order chi connectivity index (χ0) is 11.2. The van der Waals surface area contributed by atoms with E-state index in [9.17, 15) is 0 Å². The predicted molar refractivity (Wildman–Crippen MR) is 70.9 cm³/mol. The molecule has 1 aliphatic rings. The van der Waals surface area contributed by atoms with E-state index in [2.05, 4.69) is 68.4 Å². The molecule has 0 aromatic heterocycles. The van der Waals surface area contributed by atoms with Crippen molar-refractivity contribution in [1.82, 2.24) is 0 Å². The van der Waals surface area contributed by atoms with Crippen molar-refractivity contribution in [3.05, 3.63) is 60.2 Å². The largest absolute Gasteiger partial charge is 0.132 e. The van der Waals surface area contributed by atoms with Crippen molar-refractivity contribution >= 4 is 19.2 Å². The lowest BCUT2D eigenvalue weighted by Crippen LogP contribution is -2.67. The summed E-state index contributed by atoms with van der Waals surface area (Å²) >= 11 is 0. The maximum absolute atomic E-state index is 2.39. The van der Waals surface area contributed by atoms with Crippen LogP contribution >= 0.6 is 0 Å². The lowest BCUT2D eigenvalue weighted by molar-refractivity contribution is 0.724. The molecule has 0 saturated heterocycles. The molecule has 2 aromatic carbocycles. The summed E-state index contributed by atoms with van der Waals surface area (Å²) in [5.74, 6) is 0. The number of fused-ring (bicyclic) bond motifs is 1. The number of benzene rings is 2. The van der Waals surface area contributed by atoms with Crippen LogP contribution in [0.25, 0.3) is 0 Å². The molecular weight excluding hydrogens is 208 g/mol. The minimum absolute atomic E-state index is 0.378. The normalized spacial score (nSPS) is 17.6. The predicted octanol–water partition coefficient (Wildman–Crippen LogP) is 2.13. The van der Waals surface area contributed by atoms with Crippen molar-refractivity contribution in [2.75, 3.05) is 0 Å². The van der Waals surface area contributed by atoms with Crippen LogP contribution in [0.4, 0.5) is 0 Å². The Hall–Kier alpha value is -1.34. The van der Waals surface area contributed by atoms with E-state index in [0.29, 0.717) is 5.04 Å². The zero-order valence-electron chi connectivity index (χ0n) is 9.70. The average molecular weight is 223 g/mol. The molecule has 0 atom stereocenters. The van der Waals surface area contributed by atoms with Gasteiger partial charge in [0.25, 0.3) is 0 Å². The number of hydrogen-bond acceptors (Lipinski definition) is 0. The van der Waals surface area contributed by atoms with E-state index in [1.807, 2.05) is 0 Å². The third kappa shape index (κ3) is 1.21. The molecular formula is C15H15Si. The minimum Gasteiger partial charge on any atom is -0.0628 e. The molecule has 0 bridgehead atoms. The maximum atomic E-state index is 2.39. The van der Waals surface area contributed by atoms with Crippen LogP contribution in [-0.2, 0) is 5.04 Å². The molecule has 0 unspecified atom stereocenters. The maximum Gasteiger partial charge on any atom is 0.132 e. The van der Waals surface area contributed by atoms with E-state index >= 15 is 0 Å². The summed E-state index contributed by atoms with van der Waals surface area (Å²) in [6, 6.07) is 19.9. The highest BCUT2D eigenvalue weighted by molar-refractivity contribution is 6.91. The molecule has 0 spiro atoms. The van der Waals surface area contributed by atoms with E-state index in [0.717, 1.165) is 0 Å². The molecule has 0 amide bonds. The molecule has 3 rings (SSSR count). The summed E-state index contributed by atoms with van der Waals surface area (Å²) in [4.78, 5) is 0. The van der Waals surface area contributed by atoms with E-state index < -0.39 is 8.80 Å². The Morgan fingerprint density at radius 2 is 1.44 bits per heavy atom. The van der Waals surface area contributed by atoms with Gasteiger partial charge in [0, 0.05) is 0 Å². The molecule has 79 valence electrons. The first-order valence-electron chi connectivity index (χ1n) is 5.74. The molecule has 1 aliphatic heterocycles. The Balaban J connectivity index is 2.13. The Kier molecular flexibility index (Phi) is 2.05. The lowest BCUT2D eigenvalue weighted by Gasteiger charge is -2.45. The van der Waals surface area contributed by atoms with Crippen molar-refractivity contribution in [2.45, 2.75) is 18.9 Å². The van der Waals surface area contributed by atoms with Crippen LogP contribution in [0, 0.1) is 0 Å². The van der Waals surface area contributed by atoms with Crippen LogP contribution in [0.2, 0.25) is 0 Å². The van der Waals surface area contributed by atoms with E-state index in [1.54, 1.807) is 10.8 Å². The third-order valence-corrected chi connectivity index (χ3v) is 6.96. The molecule has 16 heavy (non-hydrogen) atoms. The lowest BCUT2D eigenvalue weighted by atomic mass is 10.0. The molecule has 0 N–H and O–H groups in total. The van der Waals surface area contributed by atoms with Crippen LogP contribution < -0.4 is 10.4 Å². The van der Waals surface area contributed by atoms with Crippen LogP contribution in [0.15, 0.2) is 54.6 Å². The third-order valence-electron chi connectivity index (χ3n) is 3.56. The summed E-state index contributed by atoms with van der Waals surface area (Å²) in [6.45, 7) is 4.77. The second kappa shape index (κ2) is 3.32. The Morgan fingerprint density at radius 3 is 2.19 bits per heavy atom. The van der Waals surface area contributed by atoms with E-state index in [4.69, 9.17) is 0 Å². The van der Waals surface area contributed by atoms with Crippen molar-refractivity contribution in [3.63, 3.8) is 0 Å². The number of hydrogen-bond donors (Lipinski definition) is 0. The first-order chi connectivity index (χ1) is 7.71. The summed E-state index contributed by atoms with van der Waals surface area (Å²) in [5.41, 5.74) is 1.55. The highest BCUT2D eigenvalue weighted by atomic mass is 28.3. The van der Waals surface area contributed by atoms with Gasteiger partial charge >= 0.3 is 0 Å². The smallest absolute Gasteiger partial charge is 0.0628 e. The van der Waals surface area contributed by atoms with Crippen molar-refractivity contribution < 1.29 is 0 Å². The monoisotopic (exact) mass is 223 g/mol. The van der Waals surface area contributed by atoms with Gasteiger partial charge in [-0.2, -0.15) is 0 Å². The topological polar surface area (TPSA) is 0 Å². The summed E-state index contributed by atoms with van der Waals surface area (Å²) in [5, 5.41) is 3.52. The van der Waals surface area contributed by atoms with Gasteiger partial charge in [-0.1, -0.05) is 78.8 Å². The molecule has 0 nitrogen and oxygen atoms in total. The second-order valence-corrected chi connectivity index (χ2v) is 8.03. The molecule has 1 radical (unpaired) electrons. The highest BCUT2D eigenvalue weighted by Crippen LogP contribution is 2.33. The fourth-order valence-electron chi connectivity index (χ4n) is 2.78. The SMILES string of the molecule is CC1(C)c2ccccc2[Si]1c1ccccc1. The van der Waals surface area contributed by atoms with Crippen LogP contribution in [0.3, 0.4) is 0 Å². The van der Waals surface area contributed by atoms with Gasteiger partial charge in [-0.15, -0.1) is 0 Å². The van der Waals surface area contributed by atoms with Gasteiger partial charge in [0.15, 0.2) is 0 Å². The van der Waals surface area contributed by atoms with Gasteiger partial charge in [0.2, 0.25) is 0 Å².